The van der Waals surface area contributed by atoms with Crippen LogP contribution in [0.3, 0.4) is 0 Å². The second-order valence-corrected chi connectivity index (χ2v) is 10.1. The molecule has 0 amide bonds. The van der Waals surface area contributed by atoms with E-state index in [4.69, 9.17) is 0 Å². The topological polar surface area (TPSA) is 37.3 Å². The van der Waals surface area contributed by atoms with Crippen molar-refractivity contribution < 1.29 is 7.84 Å². The summed E-state index contributed by atoms with van der Waals surface area (Å²) in [5.41, 5.74) is 0. The Balaban J connectivity index is 2.49. The van der Waals surface area contributed by atoms with Crippen molar-refractivity contribution in [2.45, 2.75) is 0 Å². The molecule has 0 aliphatic heterocycles. The van der Waals surface area contributed by atoms with Crippen molar-refractivity contribution in [2.24, 2.45) is 0 Å². The van der Waals surface area contributed by atoms with Gasteiger partial charge in [0.1, 0.15) is 0 Å². The standard InChI is InChI=1S/C8H7AsO2S2/c10-9(11,7-3-1-5-12-7)8-4-2-6-13-8/h1-6H,(H,10,11). The molecule has 0 unspecified atom stereocenters. The molecule has 0 fully saturated rings. The second kappa shape index (κ2) is 3.46. The van der Waals surface area contributed by atoms with E-state index in [2.05, 4.69) is 0 Å². The van der Waals surface area contributed by atoms with Crippen molar-refractivity contribution in [2.75, 3.05) is 0 Å². The van der Waals surface area contributed by atoms with Crippen LogP contribution in [0.1, 0.15) is 0 Å². The molecule has 0 saturated carbocycles. The van der Waals surface area contributed by atoms with Gasteiger partial charge in [-0.25, -0.2) is 0 Å². The first-order valence-electron chi connectivity index (χ1n) is 3.62. The molecule has 2 nitrogen and oxygen atoms in total. The van der Waals surface area contributed by atoms with Crippen molar-refractivity contribution in [1.82, 2.24) is 0 Å². The molecule has 0 spiro atoms. The fourth-order valence-corrected chi connectivity index (χ4v) is 7.74. The maximum atomic E-state index is 12.0. The molecule has 0 bridgehead atoms. The van der Waals surface area contributed by atoms with E-state index in [9.17, 15) is 7.84 Å². The van der Waals surface area contributed by atoms with Crippen LogP contribution in [0.25, 0.3) is 0 Å². The zero-order chi connectivity index (χ0) is 9.31. The summed E-state index contributed by atoms with van der Waals surface area (Å²) in [4.78, 5) is 0. The molecule has 0 aromatic carbocycles. The van der Waals surface area contributed by atoms with Crippen LogP contribution >= 0.6 is 22.7 Å². The average Bonchev–Trinajstić information content (AvgIpc) is 2.78. The Labute approximate surface area is 86.5 Å². The van der Waals surface area contributed by atoms with E-state index in [-0.39, 0.29) is 0 Å². The third-order valence-electron chi connectivity index (χ3n) is 1.61. The normalized spacial score (nSPS) is 11.8. The molecular weight excluding hydrogens is 267 g/mol. The zero-order valence-corrected chi connectivity index (χ0v) is 10.1. The molecule has 68 valence electrons. The molecule has 0 atom stereocenters. The van der Waals surface area contributed by atoms with E-state index < -0.39 is 13.8 Å². The summed E-state index contributed by atoms with van der Waals surface area (Å²) in [5.74, 6) is 0. The number of rotatable bonds is 2. The Kier molecular flexibility index (Phi) is 2.47. The van der Waals surface area contributed by atoms with Gasteiger partial charge in [-0.05, 0) is 0 Å². The average molecular weight is 274 g/mol. The molecule has 0 aliphatic carbocycles. The van der Waals surface area contributed by atoms with E-state index in [0.29, 0.717) is 7.33 Å². The minimum absolute atomic E-state index is 0.612. The summed E-state index contributed by atoms with van der Waals surface area (Å²) in [6.45, 7) is 0. The Morgan fingerprint density at radius 1 is 1.08 bits per heavy atom. The number of hydrogen-bond acceptors (Lipinski definition) is 3. The monoisotopic (exact) mass is 274 g/mol. The minimum atomic E-state index is -3.92. The maximum absolute atomic E-state index is 12.0. The van der Waals surface area contributed by atoms with Crippen LogP contribution < -0.4 is 7.33 Å². The van der Waals surface area contributed by atoms with Gasteiger partial charge in [-0.1, -0.05) is 0 Å². The van der Waals surface area contributed by atoms with Gasteiger partial charge in [-0.15, -0.1) is 0 Å². The van der Waals surface area contributed by atoms with Crippen LogP contribution in [-0.2, 0) is 3.74 Å². The Morgan fingerprint density at radius 2 is 1.54 bits per heavy atom. The predicted octanol–water partition coefficient (Wildman–Crippen LogP) is 0.789. The van der Waals surface area contributed by atoms with Crippen LogP contribution in [0.2, 0.25) is 0 Å². The Hall–Kier alpha value is -0.282. The SMILES string of the molecule is O=[As](O)(c1cccs1)c1cccs1. The predicted molar refractivity (Wildman–Crippen MR) is 56.6 cm³/mol. The Bertz CT molecular complexity index is 381. The van der Waals surface area contributed by atoms with Gasteiger partial charge < -0.3 is 0 Å². The van der Waals surface area contributed by atoms with Crippen molar-refractivity contribution >= 4 is 43.8 Å². The molecule has 2 rings (SSSR count). The summed E-state index contributed by atoms with van der Waals surface area (Å²) in [5, 5.41) is 3.65. The van der Waals surface area contributed by atoms with Gasteiger partial charge in [0.15, 0.2) is 0 Å². The summed E-state index contributed by atoms with van der Waals surface area (Å²) in [7, 11) is 0. The van der Waals surface area contributed by atoms with Gasteiger partial charge in [0.25, 0.3) is 0 Å². The molecular formula is C8H7AsO2S2. The van der Waals surface area contributed by atoms with E-state index in [1.165, 1.54) is 22.7 Å². The van der Waals surface area contributed by atoms with E-state index >= 15 is 0 Å². The third-order valence-corrected chi connectivity index (χ3v) is 9.98. The van der Waals surface area contributed by atoms with Crippen LogP contribution in [0.15, 0.2) is 35.0 Å². The molecule has 2 heterocycles. The van der Waals surface area contributed by atoms with Gasteiger partial charge in [-0.2, -0.15) is 0 Å². The summed E-state index contributed by atoms with van der Waals surface area (Å²) in [6, 6.07) is 7.06. The van der Waals surface area contributed by atoms with Gasteiger partial charge in [0.2, 0.25) is 0 Å². The first-order chi connectivity index (χ1) is 6.21. The summed E-state index contributed by atoms with van der Waals surface area (Å²) >= 11 is -1.22. The van der Waals surface area contributed by atoms with Crippen molar-refractivity contribution in [3.63, 3.8) is 0 Å². The Morgan fingerprint density at radius 3 is 1.85 bits per heavy atom. The van der Waals surface area contributed by atoms with Crippen LogP contribution in [0.4, 0.5) is 0 Å². The van der Waals surface area contributed by atoms with Crippen molar-refractivity contribution in [3.8, 4) is 0 Å². The van der Waals surface area contributed by atoms with E-state index in [1.807, 2.05) is 10.8 Å². The molecule has 5 heteroatoms. The van der Waals surface area contributed by atoms with Gasteiger partial charge in [0.05, 0.1) is 0 Å². The summed E-state index contributed by atoms with van der Waals surface area (Å²) < 4.78 is 23.1. The molecule has 2 aromatic heterocycles. The zero-order valence-electron chi connectivity index (χ0n) is 6.58. The summed E-state index contributed by atoms with van der Waals surface area (Å²) in [6.07, 6.45) is 0. The van der Waals surface area contributed by atoms with E-state index in [1.54, 1.807) is 24.3 Å². The molecule has 0 aliphatic rings. The first kappa shape index (κ1) is 9.28. The van der Waals surface area contributed by atoms with Gasteiger partial charge in [-0.3, -0.25) is 0 Å². The van der Waals surface area contributed by atoms with Crippen molar-refractivity contribution in [1.29, 1.82) is 0 Å². The van der Waals surface area contributed by atoms with E-state index in [0.717, 1.165) is 0 Å². The van der Waals surface area contributed by atoms with Gasteiger partial charge in [0, 0.05) is 0 Å². The van der Waals surface area contributed by atoms with Crippen LogP contribution in [0, 0.1) is 0 Å². The molecule has 13 heavy (non-hydrogen) atoms. The first-order valence-corrected chi connectivity index (χ1v) is 8.86. The van der Waals surface area contributed by atoms with Crippen LogP contribution in [-0.4, -0.2) is 17.9 Å². The van der Waals surface area contributed by atoms with Crippen LogP contribution in [0.5, 0.6) is 0 Å². The molecule has 2 aromatic rings. The number of hydrogen-bond donors (Lipinski definition) is 1. The molecule has 1 N–H and O–H groups in total. The van der Waals surface area contributed by atoms with Crippen molar-refractivity contribution in [3.05, 3.63) is 35.0 Å². The van der Waals surface area contributed by atoms with Gasteiger partial charge >= 0.3 is 86.7 Å². The molecule has 0 radical (unpaired) electrons. The molecule has 0 saturated heterocycles. The quantitative estimate of drug-likeness (QED) is 0.822. The fraction of sp³-hybridized carbons (Fsp3) is 0. The number of thiophene rings is 2. The third kappa shape index (κ3) is 1.67. The second-order valence-electron chi connectivity index (χ2n) is 2.48. The fourth-order valence-electron chi connectivity index (χ4n) is 0.993.